The van der Waals surface area contributed by atoms with Gasteiger partial charge in [0.05, 0.1) is 13.2 Å². The average molecular weight is 256 g/mol. The van der Waals surface area contributed by atoms with Gasteiger partial charge in [0.2, 0.25) is 0 Å². The minimum Gasteiger partial charge on any atom is -1.00 e. The maximum atomic E-state index is 12.0. The molecule has 2 atom stereocenters. The average Bonchev–Trinajstić information content (AvgIpc) is 2.33. The lowest BCUT2D eigenvalue weighted by Crippen LogP contribution is -3.00. The van der Waals surface area contributed by atoms with E-state index in [0.717, 1.165) is 30.6 Å². The fourth-order valence-corrected chi connectivity index (χ4v) is 2.27. The predicted molar refractivity (Wildman–Crippen MR) is 63.7 cm³/mol. The van der Waals surface area contributed by atoms with Crippen LogP contribution in [0.4, 0.5) is 0 Å². The molecule has 1 fully saturated rings. The Balaban J connectivity index is 0.00000144. The molecule has 0 radical (unpaired) electrons. The fourth-order valence-electron chi connectivity index (χ4n) is 2.27. The van der Waals surface area contributed by atoms with Crippen LogP contribution in [0.1, 0.15) is 32.2 Å². The van der Waals surface area contributed by atoms with E-state index in [1.807, 2.05) is 24.3 Å². The van der Waals surface area contributed by atoms with Crippen molar-refractivity contribution in [2.75, 3.05) is 7.11 Å². The molecule has 1 aliphatic rings. The number of ether oxygens (including phenoxy) is 1. The number of carbonyl (C=O) groups excluding carboxylic acids is 1. The highest BCUT2D eigenvalue weighted by molar-refractivity contribution is 5.91. The Hall–Kier alpha value is -1.06. The van der Waals surface area contributed by atoms with E-state index >= 15 is 0 Å². The maximum absolute atomic E-state index is 12.0. The van der Waals surface area contributed by atoms with Crippen molar-refractivity contribution in [3.63, 3.8) is 0 Å². The highest BCUT2D eigenvalue weighted by Crippen LogP contribution is 2.31. The minimum absolute atomic E-state index is 0. The fraction of sp³-hybridized carbons (Fsp3) is 0.462. The largest absolute Gasteiger partial charge is 1.00 e. The van der Waals surface area contributed by atoms with Crippen molar-refractivity contribution in [2.24, 2.45) is 5.73 Å². The molecule has 2 unspecified atom stereocenters. The van der Waals surface area contributed by atoms with E-state index in [0.29, 0.717) is 0 Å². The second-order valence-electron chi connectivity index (χ2n) is 4.27. The molecule has 1 aromatic carbocycles. The van der Waals surface area contributed by atoms with Crippen molar-refractivity contribution in [1.82, 2.24) is 0 Å². The van der Waals surface area contributed by atoms with Crippen LogP contribution in [-0.2, 0) is 4.79 Å². The first kappa shape index (κ1) is 14.0. The maximum Gasteiger partial charge on any atom is 1.00 e. The molecule has 0 saturated heterocycles. The van der Waals surface area contributed by atoms with Gasteiger partial charge in [0.1, 0.15) is 5.75 Å². The molecule has 0 spiro atoms. The summed E-state index contributed by atoms with van der Waals surface area (Å²) in [5.74, 6) is 0.919. The molecule has 0 bridgehead atoms. The van der Waals surface area contributed by atoms with Crippen molar-refractivity contribution in [1.29, 1.82) is 0 Å². The summed E-state index contributed by atoms with van der Waals surface area (Å²) >= 11 is 0. The van der Waals surface area contributed by atoms with Gasteiger partial charge in [-0.2, -0.15) is 0 Å². The van der Waals surface area contributed by atoms with E-state index in [2.05, 4.69) is 0 Å². The summed E-state index contributed by atoms with van der Waals surface area (Å²) in [7, 11) is 1.63. The van der Waals surface area contributed by atoms with E-state index < -0.39 is 0 Å². The molecular formula is C13H18ClNO2. The van der Waals surface area contributed by atoms with Gasteiger partial charge in [0.15, 0.2) is 5.78 Å². The monoisotopic (exact) mass is 255 g/mol. The van der Waals surface area contributed by atoms with Gasteiger partial charge in [0.25, 0.3) is 0 Å². The van der Waals surface area contributed by atoms with Crippen LogP contribution in [0.3, 0.4) is 0 Å². The molecule has 17 heavy (non-hydrogen) atoms. The number of nitrogens with two attached hydrogens (primary N) is 1. The van der Waals surface area contributed by atoms with Crippen LogP contribution < -0.4 is 22.9 Å². The Morgan fingerprint density at radius 2 is 2.18 bits per heavy atom. The molecule has 3 nitrogen and oxygen atoms in total. The van der Waals surface area contributed by atoms with Crippen molar-refractivity contribution >= 4 is 5.78 Å². The third-order valence-electron chi connectivity index (χ3n) is 3.21. The molecule has 0 aromatic heterocycles. The van der Waals surface area contributed by atoms with Crippen LogP contribution in [0, 0.1) is 0 Å². The minimum atomic E-state index is -0.287. The van der Waals surface area contributed by atoms with Crippen LogP contribution in [0.5, 0.6) is 5.75 Å². The Kier molecular flexibility index (Phi) is 4.97. The smallest absolute Gasteiger partial charge is 1.00 e. The molecule has 1 aromatic rings. The number of Topliss-reactive ketones (excluding diaryl/α,β-unsaturated/α-hetero) is 1. The highest BCUT2D eigenvalue weighted by atomic mass is 35.5. The van der Waals surface area contributed by atoms with Crippen molar-refractivity contribution < 1.29 is 23.4 Å². The molecule has 0 heterocycles. The van der Waals surface area contributed by atoms with E-state index in [4.69, 9.17) is 10.5 Å². The van der Waals surface area contributed by atoms with Gasteiger partial charge >= 0.3 is 1.43 Å². The number of hydrogen-bond acceptors (Lipinski definition) is 3. The normalized spacial score (nSPS) is 24.0. The molecular weight excluding hydrogens is 238 g/mol. The Morgan fingerprint density at radius 3 is 2.88 bits per heavy atom. The van der Waals surface area contributed by atoms with Gasteiger partial charge in [-0.25, -0.2) is 0 Å². The topological polar surface area (TPSA) is 52.3 Å². The van der Waals surface area contributed by atoms with Crippen LogP contribution in [0.2, 0.25) is 0 Å². The zero-order valence-electron chi connectivity index (χ0n) is 10.9. The third kappa shape index (κ3) is 2.99. The number of halogens is 1. The number of rotatable bonds is 2. The van der Waals surface area contributed by atoms with Gasteiger partial charge in [-0.05, 0) is 30.5 Å². The molecule has 1 aliphatic carbocycles. The molecule has 2 rings (SSSR count). The second kappa shape index (κ2) is 6.03. The number of carbonyl (C=O) groups is 1. The standard InChI is InChI=1S/C13H17NO2.ClH/c1-16-10-5-2-4-9(8-10)11-6-3-7-12(14)13(11)15;/h2,4-5,8,11-12H,3,6-7,14H2,1H3;1H. The number of ketones is 1. The number of hydrogen-bond donors (Lipinski definition) is 1. The van der Waals surface area contributed by atoms with Crippen LogP contribution in [-0.4, -0.2) is 18.9 Å². The summed E-state index contributed by atoms with van der Waals surface area (Å²) in [6, 6.07) is 7.42. The van der Waals surface area contributed by atoms with E-state index in [1.165, 1.54) is 0 Å². The molecule has 1 saturated carbocycles. The summed E-state index contributed by atoms with van der Waals surface area (Å²) in [5, 5.41) is 0. The molecule has 4 heteroatoms. The van der Waals surface area contributed by atoms with E-state index in [9.17, 15) is 4.79 Å². The zero-order valence-corrected chi connectivity index (χ0v) is 10.6. The number of methoxy groups -OCH3 is 1. The zero-order chi connectivity index (χ0) is 11.5. The summed E-state index contributed by atoms with van der Waals surface area (Å²) < 4.78 is 5.17. The van der Waals surface area contributed by atoms with Gasteiger partial charge < -0.3 is 22.9 Å². The quantitative estimate of drug-likeness (QED) is 0.736. The molecule has 0 amide bonds. The van der Waals surface area contributed by atoms with E-state index in [-0.39, 0.29) is 31.6 Å². The summed E-state index contributed by atoms with van der Waals surface area (Å²) in [5.41, 5.74) is 6.82. The van der Waals surface area contributed by atoms with Gasteiger partial charge in [0, 0.05) is 5.92 Å². The Labute approximate surface area is 109 Å². The molecule has 2 N–H and O–H groups in total. The molecule has 0 aliphatic heterocycles. The lowest BCUT2D eigenvalue weighted by molar-refractivity contribution is -0.123. The Bertz CT molecular complexity index is 400. The first-order valence-electron chi connectivity index (χ1n) is 5.65. The summed E-state index contributed by atoms with van der Waals surface area (Å²) in [6.07, 6.45) is 2.74. The van der Waals surface area contributed by atoms with Crippen LogP contribution in [0.15, 0.2) is 24.3 Å². The summed E-state index contributed by atoms with van der Waals surface area (Å²) in [6.45, 7) is 0. The molecule has 94 valence electrons. The Morgan fingerprint density at radius 1 is 1.41 bits per heavy atom. The van der Waals surface area contributed by atoms with Crippen LogP contribution in [0.25, 0.3) is 0 Å². The van der Waals surface area contributed by atoms with Crippen molar-refractivity contribution in [3.8, 4) is 5.75 Å². The van der Waals surface area contributed by atoms with Crippen LogP contribution >= 0.6 is 0 Å². The first-order valence-corrected chi connectivity index (χ1v) is 5.65. The highest BCUT2D eigenvalue weighted by Gasteiger charge is 2.29. The van der Waals surface area contributed by atoms with Crippen molar-refractivity contribution in [2.45, 2.75) is 31.2 Å². The summed E-state index contributed by atoms with van der Waals surface area (Å²) in [4.78, 5) is 12.0. The lowest BCUT2D eigenvalue weighted by Gasteiger charge is -2.25. The first-order chi connectivity index (χ1) is 7.72. The van der Waals surface area contributed by atoms with Gasteiger partial charge in [-0.15, -0.1) is 0 Å². The predicted octanol–water partition coefficient (Wildman–Crippen LogP) is -1.02. The van der Waals surface area contributed by atoms with Crippen molar-refractivity contribution in [3.05, 3.63) is 29.8 Å². The third-order valence-corrected chi connectivity index (χ3v) is 3.21. The second-order valence-corrected chi connectivity index (χ2v) is 4.27. The van der Waals surface area contributed by atoms with Gasteiger partial charge in [-0.3, -0.25) is 4.79 Å². The SMILES string of the molecule is COc1cccc(C2CCCC(N)C2=O)c1.[Cl-].[H+]. The van der Waals surface area contributed by atoms with E-state index in [1.54, 1.807) is 7.11 Å². The number of benzene rings is 1. The van der Waals surface area contributed by atoms with Gasteiger partial charge in [-0.1, -0.05) is 18.6 Å². The lowest BCUT2D eigenvalue weighted by atomic mass is 9.80.